The lowest BCUT2D eigenvalue weighted by Crippen LogP contribution is -2.23. The second kappa shape index (κ2) is 11.3. The van der Waals surface area contributed by atoms with Gasteiger partial charge in [0.15, 0.2) is 0 Å². The van der Waals surface area contributed by atoms with Gasteiger partial charge in [0.2, 0.25) is 11.8 Å². The molecule has 0 saturated carbocycles. The zero-order valence-electron chi connectivity index (χ0n) is 18.1. The van der Waals surface area contributed by atoms with Crippen LogP contribution in [0.5, 0.6) is 0 Å². The lowest BCUT2D eigenvalue weighted by molar-refractivity contribution is -0.124. The third kappa shape index (κ3) is 6.28. The summed E-state index contributed by atoms with van der Waals surface area (Å²) in [6, 6.07) is 25.3. The summed E-state index contributed by atoms with van der Waals surface area (Å²) in [5, 5.41) is 7.71. The van der Waals surface area contributed by atoms with Crippen molar-refractivity contribution in [1.82, 2.24) is 5.43 Å². The lowest BCUT2D eigenvalue weighted by atomic mass is 9.88. The number of hydrogen-bond acceptors (Lipinski definition) is 3. The fourth-order valence-electron chi connectivity index (χ4n) is 3.42. The third-order valence-corrected chi connectivity index (χ3v) is 5.57. The van der Waals surface area contributed by atoms with Crippen LogP contribution in [0.2, 0.25) is 5.02 Å². The van der Waals surface area contributed by atoms with E-state index in [2.05, 4.69) is 15.8 Å². The molecule has 2 amide bonds. The predicted molar refractivity (Wildman–Crippen MR) is 130 cm³/mol. The van der Waals surface area contributed by atoms with Gasteiger partial charge in [-0.2, -0.15) is 5.10 Å². The first-order valence-electron chi connectivity index (χ1n) is 10.4. The highest BCUT2D eigenvalue weighted by atomic mass is 35.5. The predicted octanol–water partition coefficient (Wildman–Crippen LogP) is 5.69. The summed E-state index contributed by atoms with van der Waals surface area (Å²) in [5.41, 5.74) is 6.96. The Kier molecular flexibility index (Phi) is 8.17. The maximum atomic E-state index is 12.3. The average molecular weight is 448 g/mol. The summed E-state index contributed by atoms with van der Waals surface area (Å²) in [6.07, 6.45) is 0.0801. The van der Waals surface area contributed by atoms with Crippen LogP contribution in [0.4, 0.5) is 5.69 Å². The number of carbonyl (C=O) groups excluding carboxylic acids is 2. The zero-order valence-corrected chi connectivity index (χ0v) is 18.9. The number of nitrogens with zero attached hydrogens (tertiary/aromatic N) is 1. The molecule has 3 aromatic rings. The van der Waals surface area contributed by atoms with E-state index >= 15 is 0 Å². The van der Waals surface area contributed by atoms with E-state index in [-0.39, 0.29) is 30.6 Å². The highest BCUT2D eigenvalue weighted by Crippen LogP contribution is 2.26. The Hall–Kier alpha value is -3.44. The molecule has 0 aromatic heterocycles. The van der Waals surface area contributed by atoms with Gasteiger partial charge in [-0.1, -0.05) is 78.3 Å². The minimum absolute atomic E-state index is 0.0313. The van der Waals surface area contributed by atoms with E-state index in [0.717, 1.165) is 22.4 Å². The molecule has 0 spiro atoms. The molecule has 0 radical (unpaired) electrons. The van der Waals surface area contributed by atoms with Crippen molar-refractivity contribution in [3.05, 3.63) is 101 Å². The molecule has 0 unspecified atom stereocenters. The van der Waals surface area contributed by atoms with Crippen LogP contribution in [0.15, 0.2) is 84.0 Å². The highest BCUT2D eigenvalue weighted by molar-refractivity contribution is 6.31. The second-order valence-electron chi connectivity index (χ2n) is 7.50. The van der Waals surface area contributed by atoms with Crippen molar-refractivity contribution in [3.8, 4) is 0 Å². The Morgan fingerprint density at radius 1 is 0.844 bits per heavy atom. The van der Waals surface area contributed by atoms with Gasteiger partial charge in [-0.25, -0.2) is 5.43 Å². The van der Waals surface area contributed by atoms with Crippen LogP contribution < -0.4 is 10.7 Å². The van der Waals surface area contributed by atoms with Crippen LogP contribution in [-0.2, 0) is 9.59 Å². The van der Waals surface area contributed by atoms with Crippen molar-refractivity contribution in [1.29, 1.82) is 0 Å². The normalized spacial score (nSPS) is 11.3. The summed E-state index contributed by atoms with van der Waals surface area (Å²) in [5.74, 6) is -0.647. The largest absolute Gasteiger partial charge is 0.326 e. The van der Waals surface area contributed by atoms with Crippen LogP contribution in [0, 0.1) is 6.92 Å². The molecule has 3 rings (SSSR count). The van der Waals surface area contributed by atoms with E-state index in [1.807, 2.05) is 74.5 Å². The number of halogens is 1. The van der Waals surface area contributed by atoms with Gasteiger partial charge in [-0.15, -0.1) is 0 Å². The lowest BCUT2D eigenvalue weighted by Gasteiger charge is -2.18. The minimum atomic E-state index is -0.317. The van der Waals surface area contributed by atoms with Crippen LogP contribution in [0.25, 0.3) is 0 Å². The van der Waals surface area contributed by atoms with Crippen molar-refractivity contribution in [2.45, 2.75) is 32.6 Å². The zero-order chi connectivity index (χ0) is 22.9. The minimum Gasteiger partial charge on any atom is -0.326 e. The first-order valence-corrected chi connectivity index (χ1v) is 10.8. The number of hydrogen-bond donors (Lipinski definition) is 2. The van der Waals surface area contributed by atoms with Crippen LogP contribution in [0.3, 0.4) is 0 Å². The molecule has 3 aromatic carbocycles. The van der Waals surface area contributed by atoms with Gasteiger partial charge in [-0.05, 0) is 42.7 Å². The molecular weight excluding hydrogens is 422 g/mol. The number of nitrogens with one attached hydrogen (secondary N) is 2. The summed E-state index contributed by atoms with van der Waals surface area (Å²) in [6.45, 7) is 3.72. The van der Waals surface area contributed by atoms with Crippen molar-refractivity contribution >= 4 is 34.8 Å². The number of anilines is 1. The second-order valence-corrected chi connectivity index (χ2v) is 7.91. The van der Waals surface area contributed by atoms with E-state index < -0.39 is 0 Å². The van der Waals surface area contributed by atoms with Crippen LogP contribution in [-0.4, -0.2) is 17.5 Å². The van der Waals surface area contributed by atoms with Crippen molar-refractivity contribution in [2.75, 3.05) is 5.32 Å². The summed E-state index contributed by atoms with van der Waals surface area (Å²) >= 11 is 6.08. The first-order chi connectivity index (χ1) is 15.5. The van der Waals surface area contributed by atoms with Crippen molar-refractivity contribution in [3.63, 3.8) is 0 Å². The van der Waals surface area contributed by atoms with Gasteiger partial charge in [0.1, 0.15) is 0 Å². The number of hydrazone groups is 1. The molecule has 0 aliphatic rings. The molecule has 0 heterocycles. The topological polar surface area (TPSA) is 70.6 Å². The van der Waals surface area contributed by atoms with Gasteiger partial charge in [-0.3, -0.25) is 9.59 Å². The Bertz CT molecular complexity index is 1060. The van der Waals surface area contributed by atoms with E-state index in [0.29, 0.717) is 10.7 Å². The van der Waals surface area contributed by atoms with Gasteiger partial charge in [0.05, 0.1) is 0 Å². The molecule has 164 valence electrons. The summed E-state index contributed by atoms with van der Waals surface area (Å²) in [7, 11) is 0. The van der Waals surface area contributed by atoms with E-state index in [4.69, 9.17) is 11.6 Å². The highest BCUT2D eigenvalue weighted by Gasteiger charge is 2.18. The standard InChI is InChI=1S/C26H26ClN3O2/c1-18-22(27)14-9-15-23(18)28-24(31)16-17-25(32)30-29-19(2)26(20-10-5-3-6-11-20)21-12-7-4-8-13-21/h3-15,26H,16-17H2,1-2H3,(H,28,31)(H,30,32)/b29-19+. The fourth-order valence-corrected chi connectivity index (χ4v) is 3.59. The average Bonchev–Trinajstić information content (AvgIpc) is 2.81. The molecule has 0 aliphatic heterocycles. The molecule has 6 heteroatoms. The van der Waals surface area contributed by atoms with Gasteiger partial charge >= 0.3 is 0 Å². The first kappa shape index (κ1) is 23.2. The third-order valence-electron chi connectivity index (χ3n) is 5.16. The van der Waals surface area contributed by atoms with Crippen molar-refractivity contribution in [2.24, 2.45) is 5.10 Å². The number of benzene rings is 3. The number of amides is 2. The smallest absolute Gasteiger partial charge is 0.240 e. The molecule has 5 nitrogen and oxygen atoms in total. The molecule has 0 saturated heterocycles. The monoisotopic (exact) mass is 447 g/mol. The molecule has 2 N–H and O–H groups in total. The Labute approximate surface area is 193 Å². The molecule has 0 bridgehead atoms. The maximum Gasteiger partial charge on any atom is 0.240 e. The van der Waals surface area contributed by atoms with Gasteiger partial charge < -0.3 is 5.32 Å². The Balaban J connectivity index is 1.60. The molecule has 32 heavy (non-hydrogen) atoms. The van der Waals surface area contributed by atoms with E-state index in [1.54, 1.807) is 18.2 Å². The van der Waals surface area contributed by atoms with Crippen LogP contribution in [0.1, 0.15) is 42.4 Å². The number of carbonyl (C=O) groups is 2. The summed E-state index contributed by atoms with van der Waals surface area (Å²) in [4.78, 5) is 24.5. The van der Waals surface area contributed by atoms with Gasteiger partial charge in [0.25, 0.3) is 0 Å². The van der Waals surface area contributed by atoms with E-state index in [9.17, 15) is 9.59 Å². The number of rotatable bonds is 8. The maximum absolute atomic E-state index is 12.3. The summed E-state index contributed by atoms with van der Waals surface area (Å²) < 4.78 is 0. The molecular formula is C26H26ClN3O2. The van der Waals surface area contributed by atoms with E-state index in [1.165, 1.54) is 0 Å². The molecule has 0 aliphatic carbocycles. The SMILES string of the molecule is C/C(=N\NC(=O)CCC(=O)Nc1cccc(Cl)c1C)C(c1ccccc1)c1ccccc1. The fraction of sp³-hybridized carbons (Fsp3) is 0.192. The quantitative estimate of drug-likeness (QED) is 0.344. The van der Waals surface area contributed by atoms with Crippen molar-refractivity contribution < 1.29 is 9.59 Å². The van der Waals surface area contributed by atoms with Gasteiger partial charge in [0, 0.05) is 35.2 Å². The Morgan fingerprint density at radius 2 is 1.41 bits per heavy atom. The van der Waals surface area contributed by atoms with Crippen LogP contribution >= 0.6 is 11.6 Å². The molecule has 0 fully saturated rings. The molecule has 0 atom stereocenters. The Morgan fingerprint density at radius 3 is 2.00 bits per heavy atom.